The van der Waals surface area contributed by atoms with Crippen molar-refractivity contribution < 1.29 is 13.2 Å². The summed E-state index contributed by atoms with van der Waals surface area (Å²) in [6.45, 7) is 7.73. The molecule has 4 aromatic rings. The molecule has 0 fully saturated rings. The highest BCUT2D eigenvalue weighted by Gasteiger charge is 2.38. The lowest BCUT2D eigenvalue weighted by atomic mass is 9.70. The maximum atomic E-state index is 13.6. The van der Waals surface area contributed by atoms with E-state index in [2.05, 4.69) is 6.58 Å². The summed E-state index contributed by atoms with van der Waals surface area (Å²) in [5, 5.41) is 0.723. The molecule has 0 aliphatic carbocycles. The zero-order valence-electron chi connectivity index (χ0n) is 18.1. The average molecular weight is 444 g/mol. The van der Waals surface area contributed by atoms with Crippen LogP contribution < -0.4 is 0 Å². The molecule has 0 amide bonds. The van der Waals surface area contributed by atoms with Crippen LogP contribution in [0.1, 0.15) is 29.5 Å². The van der Waals surface area contributed by atoms with E-state index in [1.807, 2.05) is 56.3 Å². The molecule has 3 aromatic carbocycles. The Labute approximate surface area is 188 Å². The molecular weight excluding hydrogens is 418 g/mol. The summed E-state index contributed by atoms with van der Waals surface area (Å²) in [6, 6.07) is 23.7. The fourth-order valence-corrected chi connectivity index (χ4v) is 5.66. The predicted molar refractivity (Wildman–Crippen MR) is 128 cm³/mol. The quantitative estimate of drug-likeness (QED) is 0.275. The van der Waals surface area contributed by atoms with Crippen LogP contribution in [-0.4, -0.2) is 18.7 Å². The van der Waals surface area contributed by atoms with E-state index in [1.165, 1.54) is 3.97 Å². The highest BCUT2D eigenvalue weighted by molar-refractivity contribution is 7.90. The van der Waals surface area contributed by atoms with Gasteiger partial charge in [-0.1, -0.05) is 72.3 Å². The number of allylic oxidation sites excluding steroid dienone is 1. The van der Waals surface area contributed by atoms with Crippen molar-refractivity contribution in [1.29, 1.82) is 0 Å². The molecule has 5 heteroatoms. The van der Waals surface area contributed by atoms with Crippen LogP contribution in [0, 0.1) is 6.92 Å². The van der Waals surface area contributed by atoms with Crippen LogP contribution in [0.2, 0.25) is 0 Å². The highest BCUT2D eigenvalue weighted by Crippen LogP contribution is 2.42. The lowest BCUT2D eigenvalue weighted by Gasteiger charge is -2.31. The maximum absolute atomic E-state index is 13.6. The number of benzene rings is 3. The second-order valence-electron chi connectivity index (χ2n) is 8.20. The summed E-state index contributed by atoms with van der Waals surface area (Å²) >= 11 is 0. The lowest BCUT2D eigenvalue weighted by molar-refractivity contribution is -0.112. The number of hydrogen-bond donors (Lipinski definition) is 0. The van der Waals surface area contributed by atoms with E-state index in [0.29, 0.717) is 11.1 Å². The molecule has 1 heterocycles. The Balaban J connectivity index is 1.97. The number of aryl methyl sites for hydroxylation is 1. The smallest absolute Gasteiger partial charge is 0.268 e. The SMILES string of the molecule is C=C[C@@H](c1ccccc1)[C@](C)(C=O)c1cn(S(=O)(=O)c2ccc(C)cc2)c2ccccc12. The maximum Gasteiger partial charge on any atom is 0.268 e. The van der Waals surface area contributed by atoms with Gasteiger partial charge in [-0.05, 0) is 43.2 Å². The van der Waals surface area contributed by atoms with E-state index in [1.54, 1.807) is 48.7 Å². The van der Waals surface area contributed by atoms with Gasteiger partial charge in [-0.15, -0.1) is 6.58 Å². The second kappa shape index (κ2) is 8.24. The topological polar surface area (TPSA) is 56.1 Å². The first-order valence-corrected chi connectivity index (χ1v) is 11.8. The molecule has 0 spiro atoms. The molecule has 0 radical (unpaired) electrons. The van der Waals surface area contributed by atoms with Gasteiger partial charge in [-0.25, -0.2) is 12.4 Å². The van der Waals surface area contributed by atoms with Crippen molar-refractivity contribution in [2.45, 2.75) is 30.1 Å². The molecule has 0 aliphatic rings. The average Bonchev–Trinajstić information content (AvgIpc) is 3.21. The number of carbonyl (C=O) groups is 1. The van der Waals surface area contributed by atoms with Crippen molar-refractivity contribution in [2.75, 3.05) is 0 Å². The van der Waals surface area contributed by atoms with E-state index in [4.69, 9.17) is 0 Å². The van der Waals surface area contributed by atoms with Gasteiger partial charge < -0.3 is 4.79 Å². The molecule has 0 saturated heterocycles. The summed E-state index contributed by atoms with van der Waals surface area (Å²) in [6.07, 6.45) is 4.25. The Morgan fingerprint density at radius 1 is 0.938 bits per heavy atom. The van der Waals surface area contributed by atoms with Gasteiger partial charge in [-0.2, -0.15) is 0 Å². The summed E-state index contributed by atoms with van der Waals surface area (Å²) in [5.41, 5.74) is 2.08. The second-order valence-corrected chi connectivity index (χ2v) is 10.0. The van der Waals surface area contributed by atoms with Gasteiger partial charge in [0.05, 0.1) is 15.8 Å². The van der Waals surface area contributed by atoms with Gasteiger partial charge in [0.25, 0.3) is 10.0 Å². The van der Waals surface area contributed by atoms with Crippen molar-refractivity contribution in [2.24, 2.45) is 0 Å². The first-order chi connectivity index (χ1) is 15.3. The number of para-hydroxylation sites is 1. The Hall–Kier alpha value is -3.44. The zero-order valence-corrected chi connectivity index (χ0v) is 18.9. The molecule has 162 valence electrons. The fourth-order valence-electron chi connectivity index (χ4n) is 4.29. The zero-order chi connectivity index (χ0) is 22.9. The Morgan fingerprint density at radius 3 is 2.19 bits per heavy atom. The van der Waals surface area contributed by atoms with Crippen LogP contribution in [0.4, 0.5) is 0 Å². The van der Waals surface area contributed by atoms with E-state index in [-0.39, 0.29) is 10.8 Å². The number of hydrogen-bond acceptors (Lipinski definition) is 3. The van der Waals surface area contributed by atoms with Crippen LogP contribution >= 0.6 is 0 Å². The molecule has 2 atom stereocenters. The van der Waals surface area contributed by atoms with Gasteiger partial charge in [-0.3, -0.25) is 0 Å². The first kappa shape index (κ1) is 21.8. The third kappa shape index (κ3) is 3.49. The van der Waals surface area contributed by atoms with Gasteiger partial charge in [0.2, 0.25) is 0 Å². The normalized spacial score (nSPS) is 14.6. The molecule has 0 unspecified atom stereocenters. The Bertz CT molecular complexity index is 1390. The molecular formula is C27H25NO3S. The van der Waals surface area contributed by atoms with Crippen molar-refractivity contribution >= 4 is 27.2 Å². The fraction of sp³-hybridized carbons (Fsp3) is 0.148. The van der Waals surface area contributed by atoms with E-state index < -0.39 is 15.4 Å². The van der Waals surface area contributed by atoms with Gasteiger partial charge in [0, 0.05) is 17.5 Å². The van der Waals surface area contributed by atoms with Crippen LogP contribution in [0.25, 0.3) is 10.9 Å². The number of aldehydes is 1. The Morgan fingerprint density at radius 2 is 1.56 bits per heavy atom. The van der Waals surface area contributed by atoms with E-state index in [9.17, 15) is 13.2 Å². The minimum atomic E-state index is -3.85. The summed E-state index contributed by atoms with van der Waals surface area (Å²) in [7, 11) is -3.85. The minimum Gasteiger partial charge on any atom is -0.302 e. The van der Waals surface area contributed by atoms with Crippen molar-refractivity contribution in [1.82, 2.24) is 3.97 Å². The first-order valence-electron chi connectivity index (χ1n) is 10.4. The van der Waals surface area contributed by atoms with Crippen molar-refractivity contribution in [3.8, 4) is 0 Å². The third-order valence-corrected chi connectivity index (χ3v) is 7.81. The van der Waals surface area contributed by atoms with Gasteiger partial charge in [0.15, 0.2) is 0 Å². The van der Waals surface area contributed by atoms with Crippen molar-refractivity contribution in [3.63, 3.8) is 0 Å². The van der Waals surface area contributed by atoms with Crippen LogP contribution in [0.15, 0.2) is 103 Å². The molecule has 0 N–H and O–H groups in total. The third-order valence-electron chi connectivity index (χ3n) is 6.12. The summed E-state index contributed by atoms with van der Waals surface area (Å²) in [5.74, 6) is -0.331. The molecule has 32 heavy (non-hydrogen) atoms. The molecule has 0 aliphatic heterocycles. The van der Waals surface area contributed by atoms with Crippen LogP contribution in [0.3, 0.4) is 0 Å². The molecule has 4 rings (SSSR count). The van der Waals surface area contributed by atoms with E-state index >= 15 is 0 Å². The lowest BCUT2D eigenvalue weighted by Crippen LogP contribution is -2.31. The Kier molecular flexibility index (Phi) is 5.61. The van der Waals surface area contributed by atoms with Crippen molar-refractivity contribution in [3.05, 3.63) is 114 Å². The molecule has 0 bridgehead atoms. The number of nitrogens with zero attached hydrogens (tertiary/aromatic N) is 1. The number of fused-ring (bicyclic) bond motifs is 1. The monoisotopic (exact) mass is 443 g/mol. The summed E-state index contributed by atoms with van der Waals surface area (Å²) in [4.78, 5) is 12.8. The van der Waals surface area contributed by atoms with Crippen LogP contribution in [0.5, 0.6) is 0 Å². The number of aromatic nitrogens is 1. The standard InChI is InChI=1S/C27H25NO3S/c1-4-24(21-10-6-5-7-11-21)27(3,19-29)25-18-28(26-13-9-8-12-23(25)26)32(30,31)22-16-14-20(2)15-17-22/h4-19,24H,1H2,2-3H3/t24-,27-/m0/s1. The van der Waals surface area contributed by atoms with Crippen LogP contribution in [-0.2, 0) is 20.2 Å². The van der Waals surface area contributed by atoms with Gasteiger partial charge >= 0.3 is 0 Å². The summed E-state index contributed by atoms with van der Waals surface area (Å²) < 4.78 is 28.4. The molecule has 0 saturated carbocycles. The van der Waals surface area contributed by atoms with E-state index in [0.717, 1.165) is 22.8 Å². The predicted octanol–water partition coefficient (Wildman–Crippen LogP) is 5.61. The number of rotatable bonds is 7. The molecule has 4 nitrogen and oxygen atoms in total. The molecule has 1 aromatic heterocycles. The largest absolute Gasteiger partial charge is 0.302 e. The highest BCUT2D eigenvalue weighted by atomic mass is 32.2. The minimum absolute atomic E-state index is 0.200. The number of carbonyl (C=O) groups excluding carboxylic acids is 1. The van der Waals surface area contributed by atoms with Gasteiger partial charge in [0.1, 0.15) is 6.29 Å².